The van der Waals surface area contributed by atoms with Gasteiger partial charge in [-0.2, -0.15) is 0 Å². The molecular weight excluding hydrogens is 333 g/mol. The zero-order valence-corrected chi connectivity index (χ0v) is 14.3. The fourth-order valence-corrected chi connectivity index (χ4v) is 2.89. The van der Waals surface area contributed by atoms with Crippen molar-refractivity contribution in [2.45, 2.75) is 18.9 Å². The van der Waals surface area contributed by atoms with Gasteiger partial charge in [-0.3, -0.25) is 14.6 Å². The maximum Gasteiger partial charge on any atom is 0.253 e. The Kier molecular flexibility index (Phi) is 5.73. The van der Waals surface area contributed by atoms with Crippen LogP contribution in [-0.4, -0.2) is 40.8 Å². The lowest BCUT2D eigenvalue weighted by molar-refractivity contribution is -0.126. The summed E-state index contributed by atoms with van der Waals surface area (Å²) in [5.41, 5.74) is 0.915. The van der Waals surface area contributed by atoms with Gasteiger partial charge in [0.1, 0.15) is 5.82 Å². The zero-order valence-electron chi connectivity index (χ0n) is 14.3. The molecule has 1 aliphatic rings. The van der Waals surface area contributed by atoms with Crippen molar-refractivity contribution < 1.29 is 14.0 Å². The smallest absolute Gasteiger partial charge is 0.253 e. The number of benzene rings is 1. The summed E-state index contributed by atoms with van der Waals surface area (Å²) in [5.74, 6) is -0.652. The van der Waals surface area contributed by atoms with E-state index in [2.05, 4.69) is 10.3 Å². The van der Waals surface area contributed by atoms with Crippen LogP contribution in [0.15, 0.2) is 54.9 Å². The molecule has 2 aromatic rings. The van der Waals surface area contributed by atoms with E-state index in [4.69, 9.17) is 0 Å². The van der Waals surface area contributed by atoms with E-state index in [1.807, 2.05) is 0 Å². The highest BCUT2D eigenvalue weighted by molar-refractivity contribution is 5.94. The van der Waals surface area contributed by atoms with Crippen LogP contribution in [0.2, 0.25) is 0 Å². The minimum absolute atomic E-state index is 0.0299. The van der Waals surface area contributed by atoms with Crippen LogP contribution in [0.1, 0.15) is 28.8 Å². The Bertz CT molecular complexity index is 800. The molecule has 5 nitrogen and oxygen atoms in total. The second-order valence-corrected chi connectivity index (χ2v) is 6.17. The number of piperidine rings is 1. The Balaban J connectivity index is 1.49. The molecule has 1 fully saturated rings. The number of carbonyl (C=O) groups is 2. The third-order valence-electron chi connectivity index (χ3n) is 4.38. The molecule has 1 aromatic heterocycles. The van der Waals surface area contributed by atoms with Gasteiger partial charge in [-0.05, 0) is 37.1 Å². The van der Waals surface area contributed by atoms with E-state index in [9.17, 15) is 14.0 Å². The Hall–Kier alpha value is -3.02. The lowest BCUT2D eigenvalue weighted by Crippen LogP contribution is -2.46. The van der Waals surface area contributed by atoms with Gasteiger partial charge in [-0.1, -0.05) is 18.2 Å². The lowest BCUT2D eigenvalue weighted by atomic mass is 10.0. The number of aromatic nitrogens is 1. The summed E-state index contributed by atoms with van der Waals surface area (Å²) in [6, 6.07) is 9.79. The Labute approximate surface area is 151 Å². The molecule has 1 aliphatic heterocycles. The number of carbonyl (C=O) groups excluding carboxylic acids is 2. The Morgan fingerprint density at radius 1 is 1.15 bits per heavy atom. The van der Waals surface area contributed by atoms with Crippen molar-refractivity contribution in [1.29, 1.82) is 0 Å². The molecule has 26 heavy (non-hydrogen) atoms. The second kappa shape index (κ2) is 8.38. The molecule has 0 saturated carbocycles. The number of pyridine rings is 1. The van der Waals surface area contributed by atoms with Crippen molar-refractivity contribution in [2.24, 2.45) is 0 Å². The summed E-state index contributed by atoms with van der Waals surface area (Å²) in [7, 11) is 0. The van der Waals surface area contributed by atoms with Gasteiger partial charge in [-0.25, -0.2) is 4.39 Å². The van der Waals surface area contributed by atoms with E-state index >= 15 is 0 Å². The van der Waals surface area contributed by atoms with Crippen LogP contribution < -0.4 is 5.32 Å². The van der Waals surface area contributed by atoms with Gasteiger partial charge in [0, 0.05) is 43.2 Å². The number of nitrogens with one attached hydrogen (secondary N) is 1. The van der Waals surface area contributed by atoms with E-state index in [0.29, 0.717) is 37.1 Å². The molecule has 0 bridgehead atoms. The fraction of sp³-hybridized carbons (Fsp3) is 0.250. The molecule has 2 amide bonds. The quantitative estimate of drug-likeness (QED) is 0.860. The first-order chi connectivity index (χ1) is 12.6. The average Bonchev–Trinajstić information content (AvgIpc) is 2.68. The van der Waals surface area contributed by atoms with Crippen molar-refractivity contribution in [1.82, 2.24) is 15.2 Å². The van der Waals surface area contributed by atoms with Gasteiger partial charge < -0.3 is 10.2 Å². The second-order valence-electron chi connectivity index (χ2n) is 6.17. The van der Waals surface area contributed by atoms with E-state index in [-0.39, 0.29) is 23.7 Å². The van der Waals surface area contributed by atoms with Crippen LogP contribution >= 0.6 is 0 Å². The highest BCUT2D eigenvalue weighted by atomic mass is 19.1. The van der Waals surface area contributed by atoms with Gasteiger partial charge in [-0.15, -0.1) is 0 Å². The van der Waals surface area contributed by atoms with Crippen LogP contribution in [0.25, 0.3) is 6.08 Å². The summed E-state index contributed by atoms with van der Waals surface area (Å²) in [4.78, 5) is 30.0. The first kappa shape index (κ1) is 17.8. The number of rotatable bonds is 4. The van der Waals surface area contributed by atoms with Crippen molar-refractivity contribution in [3.05, 3.63) is 71.8 Å². The van der Waals surface area contributed by atoms with Crippen molar-refractivity contribution in [3.63, 3.8) is 0 Å². The molecule has 1 saturated heterocycles. The van der Waals surface area contributed by atoms with Gasteiger partial charge >= 0.3 is 0 Å². The maximum atomic E-state index is 13.6. The topological polar surface area (TPSA) is 62.3 Å². The molecule has 6 heteroatoms. The number of amides is 2. The summed E-state index contributed by atoms with van der Waals surface area (Å²) in [6.07, 6.45) is 7.41. The summed E-state index contributed by atoms with van der Waals surface area (Å²) in [5, 5.41) is 2.98. The Morgan fingerprint density at radius 2 is 1.92 bits per heavy atom. The van der Waals surface area contributed by atoms with Crippen molar-refractivity contribution in [3.8, 4) is 0 Å². The highest BCUT2D eigenvalue weighted by Gasteiger charge is 2.23. The summed E-state index contributed by atoms with van der Waals surface area (Å²) >= 11 is 0. The van der Waals surface area contributed by atoms with Crippen LogP contribution in [0.5, 0.6) is 0 Å². The molecule has 2 heterocycles. The highest BCUT2D eigenvalue weighted by Crippen LogP contribution is 2.13. The van der Waals surface area contributed by atoms with Crippen LogP contribution in [0, 0.1) is 5.82 Å². The van der Waals surface area contributed by atoms with E-state index in [0.717, 1.165) is 0 Å². The summed E-state index contributed by atoms with van der Waals surface area (Å²) < 4.78 is 13.6. The van der Waals surface area contributed by atoms with Crippen LogP contribution in [-0.2, 0) is 4.79 Å². The van der Waals surface area contributed by atoms with E-state index in [1.165, 1.54) is 24.4 Å². The molecule has 1 N–H and O–H groups in total. The normalized spacial score (nSPS) is 15.2. The Morgan fingerprint density at radius 3 is 2.62 bits per heavy atom. The molecule has 134 valence electrons. The first-order valence-electron chi connectivity index (χ1n) is 8.56. The minimum Gasteiger partial charge on any atom is -0.349 e. The third kappa shape index (κ3) is 4.53. The number of hydrogen-bond acceptors (Lipinski definition) is 3. The molecule has 1 aromatic carbocycles. The van der Waals surface area contributed by atoms with Gasteiger partial charge in [0.25, 0.3) is 5.91 Å². The van der Waals surface area contributed by atoms with Crippen molar-refractivity contribution >= 4 is 17.9 Å². The fourth-order valence-electron chi connectivity index (χ4n) is 2.89. The number of nitrogens with zero attached hydrogens (tertiary/aromatic N) is 2. The standard InChI is InChI=1S/C20H20FN3O2/c21-18-6-2-1-4-15(18)7-8-19(25)24-12-9-17(10-13-24)23-20(26)16-5-3-11-22-14-16/h1-8,11,14,17H,9-10,12-13H2,(H,23,26)/b8-7+. The molecule has 0 unspecified atom stereocenters. The summed E-state index contributed by atoms with van der Waals surface area (Å²) in [6.45, 7) is 1.11. The number of likely N-dealkylation sites (tertiary alicyclic amines) is 1. The van der Waals surface area contributed by atoms with Crippen LogP contribution in [0.4, 0.5) is 4.39 Å². The van der Waals surface area contributed by atoms with Crippen molar-refractivity contribution in [2.75, 3.05) is 13.1 Å². The van der Waals surface area contributed by atoms with E-state index < -0.39 is 0 Å². The minimum atomic E-state index is -0.353. The largest absolute Gasteiger partial charge is 0.349 e. The SMILES string of the molecule is O=C(NC1CCN(C(=O)/C=C/c2ccccc2F)CC1)c1cccnc1. The number of hydrogen-bond donors (Lipinski definition) is 1. The zero-order chi connectivity index (χ0) is 18.4. The third-order valence-corrected chi connectivity index (χ3v) is 4.38. The van der Waals surface area contributed by atoms with E-state index in [1.54, 1.807) is 41.4 Å². The monoisotopic (exact) mass is 353 g/mol. The van der Waals surface area contributed by atoms with Gasteiger partial charge in [0.05, 0.1) is 5.56 Å². The molecule has 0 atom stereocenters. The maximum absolute atomic E-state index is 13.6. The molecule has 0 spiro atoms. The molecular formula is C20H20FN3O2. The lowest BCUT2D eigenvalue weighted by Gasteiger charge is -2.31. The average molecular weight is 353 g/mol. The predicted octanol–water partition coefficient (Wildman–Crippen LogP) is 2.65. The van der Waals surface area contributed by atoms with Gasteiger partial charge in [0.2, 0.25) is 5.91 Å². The molecule has 0 aliphatic carbocycles. The van der Waals surface area contributed by atoms with Crippen LogP contribution in [0.3, 0.4) is 0 Å². The number of halogens is 1. The van der Waals surface area contributed by atoms with Gasteiger partial charge in [0.15, 0.2) is 0 Å². The molecule has 0 radical (unpaired) electrons. The molecule has 3 rings (SSSR count). The first-order valence-corrected chi connectivity index (χ1v) is 8.56. The predicted molar refractivity (Wildman–Crippen MR) is 96.7 cm³/mol.